The van der Waals surface area contributed by atoms with Gasteiger partial charge in [0.05, 0.1) is 26.4 Å². The second-order valence-corrected chi connectivity index (χ2v) is 8.64. The zero-order valence-electron chi connectivity index (χ0n) is 15.2. The van der Waals surface area contributed by atoms with E-state index >= 15 is 0 Å². The number of rotatable bonds is 4. The number of hydrogen-bond donors (Lipinski definition) is 0. The molecule has 4 heteroatoms. The van der Waals surface area contributed by atoms with E-state index in [1.165, 1.54) is 0 Å². The molecular weight excluding hydrogens is 278 g/mol. The molecule has 0 atom stereocenters. The molecule has 0 saturated carbocycles. The van der Waals surface area contributed by atoms with Gasteiger partial charge in [-0.05, 0) is 34.7 Å². The van der Waals surface area contributed by atoms with Crippen molar-refractivity contribution in [2.24, 2.45) is 5.41 Å². The molecule has 2 fully saturated rings. The largest absolute Gasteiger partial charge is 0.377 e. The summed E-state index contributed by atoms with van der Waals surface area (Å²) in [5.41, 5.74) is 0.0234. The molecule has 0 radical (unpaired) electrons. The topological polar surface area (TPSA) is 30.9 Å². The molecule has 128 valence electrons. The molecule has 0 aromatic carbocycles. The van der Waals surface area contributed by atoms with Crippen molar-refractivity contribution in [2.45, 2.75) is 64.3 Å². The van der Waals surface area contributed by atoms with Crippen molar-refractivity contribution in [1.82, 2.24) is 4.90 Å². The first-order valence-corrected chi connectivity index (χ1v) is 8.25. The van der Waals surface area contributed by atoms with Crippen LogP contribution in [-0.4, -0.2) is 55.2 Å². The average molecular weight is 311 g/mol. The molecule has 2 aliphatic heterocycles. The van der Waals surface area contributed by atoms with Crippen molar-refractivity contribution in [2.75, 3.05) is 33.5 Å². The Kier molecular flexibility index (Phi) is 4.80. The van der Waals surface area contributed by atoms with E-state index < -0.39 is 5.79 Å². The summed E-state index contributed by atoms with van der Waals surface area (Å²) in [4.78, 5) is 2.44. The van der Waals surface area contributed by atoms with Crippen LogP contribution in [0.3, 0.4) is 0 Å². The molecule has 2 saturated heterocycles. The van der Waals surface area contributed by atoms with Gasteiger partial charge in [0.15, 0.2) is 5.79 Å². The van der Waals surface area contributed by atoms with Gasteiger partial charge in [-0.3, -0.25) is 4.90 Å². The van der Waals surface area contributed by atoms with Crippen LogP contribution in [0.4, 0.5) is 0 Å². The van der Waals surface area contributed by atoms with Crippen molar-refractivity contribution >= 4 is 0 Å². The number of hydrogen-bond acceptors (Lipinski definition) is 4. The normalized spacial score (nSPS) is 29.4. The molecule has 0 aliphatic carbocycles. The summed E-state index contributed by atoms with van der Waals surface area (Å²) in [6.45, 7) is 17.5. The van der Waals surface area contributed by atoms with Crippen LogP contribution < -0.4 is 0 Å². The lowest BCUT2D eigenvalue weighted by atomic mass is 9.75. The van der Waals surface area contributed by atoms with Crippen LogP contribution in [-0.2, 0) is 14.2 Å². The van der Waals surface area contributed by atoms with Crippen LogP contribution in [0.15, 0.2) is 12.7 Å². The predicted molar refractivity (Wildman–Crippen MR) is 88.9 cm³/mol. The molecule has 2 aliphatic rings. The lowest BCUT2D eigenvalue weighted by molar-refractivity contribution is -0.342. The van der Waals surface area contributed by atoms with Gasteiger partial charge in [-0.2, -0.15) is 0 Å². The second-order valence-electron chi connectivity index (χ2n) is 8.64. The van der Waals surface area contributed by atoms with Gasteiger partial charge in [-0.15, -0.1) is 6.58 Å². The van der Waals surface area contributed by atoms with Crippen LogP contribution in [0.1, 0.15) is 47.5 Å². The highest BCUT2D eigenvalue weighted by atomic mass is 16.7. The zero-order chi connectivity index (χ0) is 16.6. The van der Waals surface area contributed by atoms with Gasteiger partial charge in [-0.1, -0.05) is 13.0 Å². The minimum absolute atomic E-state index is 0.0504. The van der Waals surface area contributed by atoms with Crippen LogP contribution >= 0.6 is 0 Å². The van der Waals surface area contributed by atoms with E-state index in [2.05, 4.69) is 53.1 Å². The Labute approximate surface area is 135 Å². The smallest absolute Gasteiger partial charge is 0.171 e. The summed E-state index contributed by atoms with van der Waals surface area (Å²) in [6, 6.07) is 0. The highest BCUT2D eigenvalue weighted by molar-refractivity contribution is 5.04. The Morgan fingerprint density at radius 2 is 1.55 bits per heavy atom. The van der Waals surface area contributed by atoms with Crippen molar-refractivity contribution in [3.05, 3.63) is 12.7 Å². The first-order chi connectivity index (χ1) is 10.0. The Hall–Kier alpha value is -0.420. The van der Waals surface area contributed by atoms with Gasteiger partial charge >= 0.3 is 0 Å². The molecule has 0 amide bonds. The average Bonchev–Trinajstić information content (AvgIpc) is 2.40. The van der Waals surface area contributed by atoms with Gasteiger partial charge in [0, 0.05) is 29.3 Å². The van der Waals surface area contributed by atoms with E-state index in [0.717, 1.165) is 12.8 Å². The molecule has 0 unspecified atom stereocenters. The van der Waals surface area contributed by atoms with E-state index in [0.29, 0.717) is 26.4 Å². The third-order valence-corrected chi connectivity index (χ3v) is 5.27. The van der Waals surface area contributed by atoms with Crippen LogP contribution in [0.5, 0.6) is 0 Å². The summed E-state index contributed by atoms with van der Waals surface area (Å²) < 4.78 is 18.2. The van der Waals surface area contributed by atoms with E-state index in [4.69, 9.17) is 14.2 Å². The molecule has 2 rings (SSSR count). The number of nitrogens with zero attached hydrogens (tertiary/aromatic N) is 1. The summed E-state index contributed by atoms with van der Waals surface area (Å²) in [5, 5.41) is 0. The summed E-state index contributed by atoms with van der Waals surface area (Å²) >= 11 is 0. The molecular formula is C18H33NO3. The minimum atomic E-state index is -0.461. The summed E-state index contributed by atoms with van der Waals surface area (Å²) in [6.07, 6.45) is 3.56. The lowest BCUT2D eigenvalue weighted by Crippen LogP contribution is -2.67. The SMILES string of the molecule is C=CCOCC1(C)COC2(CC(C)(C)N(C)C(C)(C)C2)OC1. The monoisotopic (exact) mass is 311 g/mol. The van der Waals surface area contributed by atoms with Crippen molar-refractivity contribution < 1.29 is 14.2 Å². The van der Waals surface area contributed by atoms with Crippen molar-refractivity contribution in [3.63, 3.8) is 0 Å². The Balaban J connectivity index is 2.04. The maximum atomic E-state index is 6.32. The molecule has 0 bridgehead atoms. The first kappa shape index (κ1) is 17.9. The Morgan fingerprint density at radius 3 is 2.00 bits per heavy atom. The van der Waals surface area contributed by atoms with Gasteiger partial charge < -0.3 is 14.2 Å². The number of likely N-dealkylation sites (tertiary alicyclic amines) is 1. The van der Waals surface area contributed by atoms with Crippen LogP contribution in [0.2, 0.25) is 0 Å². The first-order valence-electron chi connectivity index (χ1n) is 8.25. The van der Waals surface area contributed by atoms with E-state index in [9.17, 15) is 0 Å². The fourth-order valence-corrected chi connectivity index (χ4v) is 3.81. The number of ether oxygens (including phenoxy) is 3. The van der Waals surface area contributed by atoms with E-state index in [-0.39, 0.29) is 16.5 Å². The Bertz CT molecular complexity index is 389. The predicted octanol–water partition coefficient (Wildman–Crippen LogP) is 3.22. The van der Waals surface area contributed by atoms with Gasteiger partial charge in [0.2, 0.25) is 0 Å². The standard InChI is InChI=1S/C18H33NO3/c1-8-9-20-12-17(6)13-21-18(22-14-17)10-15(2,3)19(7)16(4,5)11-18/h8H,1,9-14H2,2-7H3. The summed E-state index contributed by atoms with van der Waals surface area (Å²) in [7, 11) is 2.20. The molecule has 2 heterocycles. The molecule has 4 nitrogen and oxygen atoms in total. The summed E-state index contributed by atoms with van der Waals surface area (Å²) in [5.74, 6) is -0.461. The van der Waals surface area contributed by atoms with E-state index in [1.54, 1.807) is 6.08 Å². The molecule has 0 aromatic rings. The Morgan fingerprint density at radius 1 is 1.05 bits per heavy atom. The quantitative estimate of drug-likeness (QED) is 0.589. The second kappa shape index (κ2) is 5.90. The fourth-order valence-electron chi connectivity index (χ4n) is 3.81. The maximum Gasteiger partial charge on any atom is 0.171 e. The molecule has 0 N–H and O–H groups in total. The third kappa shape index (κ3) is 3.56. The maximum absolute atomic E-state index is 6.32. The van der Waals surface area contributed by atoms with Crippen LogP contribution in [0.25, 0.3) is 0 Å². The highest BCUT2D eigenvalue weighted by Gasteiger charge is 2.55. The zero-order valence-corrected chi connectivity index (χ0v) is 15.2. The van der Waals surface area contributed by atoms with Crippen molar-refractivity contribution in [1.29, 1.82) is 0 Å². The third-order valence-electron chi connectivity index (χ3n) is 5.27. The molecule has 1 spiro atoms. The minimum Gasteiger partial charge on any atom is -0.377 e. The highest BCUT2D eigenvalue weighted by Crippen LogP contribution is 2.47. The van der Waals surface area contributed by atoms with Gasteiger partial charge in [0.1, 0.15) is 0 Å². The van der Waals surface area contributed by atoms with Crippen LogP contribution in [0, 0.1) is 5.41 Å². The molecule has 22 heavy (non-hydrogen) atoms. The van der Waals surface area contributed by atoms with E-state index in [1.807, 2.05) is 0 Å². The van der Waals surface area contributed by atoms with Gasteiger partial charge in [0.25, 0.3) is 0 Å². The number of piperidine rings is 1. The van der Waals surface area contributed by atoms with Gasteiger partial charge in [-0.25, -0.2) is 0 Å². The van der Waals surface area contributed by atoms with Crippen molar-refractivity contribution in [3.8, 4) is 0 Å². The molecule has 0 aromatic heterocycles. The fraction of sp³-hybridized carbons (Fsp3) is 0.889. The lowest BCUT2D eigenvalue weighted by Gasteiger charge is -2.59.